The van der Waals surface area contributed by atoms with Gasteiger partial charge in [-0.3, -0.25) is 0 Å². The molecule has 2 aromatic carbocycles. The molecule has 0 fully saturated rings. The predicted octanol–water partition coefficient (Wildman–Crippen LogP) is 2.82. The van der Waals surface area contributed by atoms with Gasteiger partial charge in [0.1, 0.15) is 11.8 Å². The highest BCUT2D eigenvalue weighted by Gasteiger charge is 2.20. The Bertz CT molecular complexity index is 663. The van der Waals surface area contributed by atoms with Gasteiger partial charge in [0, 0.05) is 12.6 Å². The van der Waals surface area contributed by atoms with Gasteiger partial charge in [-0.25, -0.2) is 0 Å². The number of ether oxygens (including phenoxy) is 1. The van der Waals surface area contributed by atoms with Crippen molar-refractivity contribution in [3.8, 4) is 11.8 Å². The molecule has 0 atom stereocenters. The first-order valence-corrected chi connectivity index (χ1v) is 7.17. The Balaban J connectivity index is 1.63. The third kappa shape index (κ3) is 2.91. The lowest BCUT2D eigenvalue weighted by Crippen LogP contribution is -2.28. The lowest BCUT2D eigenvalue weighted by molar-refractivity contribution is 0.413. The van der Waals surface area contributed by atoms with Crippen LogP contribution in [-0.4, -0.2) is 13.2 Å². The average molecular weight is 278 g/mol. The zero-order valence-electron chi connectivity index (χ0n) is 12.1. The van der Waals surface area contributed by atoms with Crippen LogP contribution in [0.5, 0.6) is 5.75 Å². The van der Waals surface area contributed by atoms with Crippen LogP contribution in [0.4, 0.5) is 0 Å². The number of hydrogen-bond donors (Lipinski definition) is 1. The Kier molecular flexibility index (Phi) is 3.89. The van der Waals surface area contributed by atoms with Crippen molar-refractivity contribution in [2.75, 3.05) is 7.11 Å². The van der Waals surface area contributed by atoms with Crippen LogP contribution >= 0.6 is 0 Å². The molecule has 0 unspecified atom stereocenters. The van der Waals surface area contributed by atoms with E-state index >= 15 is 0 Å². The van der Waals surface area contributed by atoms with Gasteiger partial charge in [-0.05, 0) is 41.7 Å². The summed E-state index contributed by atoms with van der Waals surface area (Å²) in [7, 11) is 1.59. The molecular weight excluding hydrogens is 260 g/mol. The smallest absolute Gasteiger partial charge is 0.136 e. The van der Waals surface area contributed by atoms with Gasteiger partial charge in [0.2, 0.25) is 0 Å². The van der Waals surface area contributed by atoms with E-state index in [1.165, 1.54) is 11.1 Å². The number of methoxy groups -OCH3 is 1. The van der Waals surface area contributed by atoms with Gasteiger partial charge < -0.3 is 10.1 Å². The molecule has 3 rings (SSSR count). The highest BCUT2D eigenvalue weighted by molar-refractivity contribution is 5.45. The monoisotopic (exact) mass is 278 g/mol. The van der Waals surface area contributed by atoms with Crippen LogP contribution in [0.1, 0.15) is 22.3 Å². The second-order valence-corrected chi connectivity index (χ2v) is 5.40. The Morgan fingerprint density at radius 1 is 1.19 bits per heavy atom. The highest BCUT2D eigenvalue weighted by atomic mass is 16.5. The normalized spacial score (nSPS) is 13.7. The van der Waals surface area contributed by atoms with Gasteiger partial charge in [0.15, 0.2) is 0 Å². The first kappa shape index (κ1) is 13.7. The van der Waals surface area contributed by atoms with Crippen LogP contribution < -0.4 is 10.1 Å². The largest absolute Gasteiger partial charge is 0.495 e. The van der Waals surface area contributed by atoms with Crippen molar-refractivity contribution < 1.29 is 4.74 Å². The molecule has 0 aliphatic heterocycles. The van der Waals surface area contributed by atoms with Gasteiger partial charge in [-0.1, -0.05) is 30.3 Å². The van der Waals surface area contributed by atoms with E-state index in [4.69, 9.17) is 10.00 Å². The third-order valence-electron chi connectivity index (χ3n) is 4.03. The fraction of sp³-hybridized carbons (Fsp3) is 0.278. The molecule has 3 nitrogen and oxygen atoms in total. The van der Waals surface area contributed by atoms with Crippen molar-refractivity contribution in [2.45, 2.75) is 25.4 Å². The molecule has 0 heterocycles. The quantitative estimate of drug-likeness (QED) is 0.935. The molecule has 1 aliphatic carbocycles. The first-order valence-electron chi connectivity index (χ1n) is 7.17. The molecule has 0 amide bonds. The van der Waals surface area contributed by atoms with Crippen molar-refractivity contribution in [2.24, 2.45) is 0 Å². The summed E-state index contributed by atoms with van der Waals surface area (Å²) in [6.45, 7) is 0.775. The standard InChI is InChI=1S/C18H18N2O/c1-21-18-7-6-13(8-16(18)11-19)12-20-17-9-14-4-2-3-5-15(14)10-17/h2-8,17,20H,9-10,12H2,1H3. The number of fused-ring (bicyclic) bond motifs is 1. The molecule has 0 radical (unpaired) electrons. The summed E-state index contributed by atoms with van der Waals surface area (Å²) in [6.07, 6.45) is 2.16. The second kappa shape index (κ2) is 5.99. The lowest BCUT2D eigenvalue weighted by Gasteiger charge is -2.12. The summed E-state index contributed by atoms with van der Waals surface area (Å²) >= 11 is 0. The minimum Gasteiger partial charge on any atom is -0.495 e. The van der Waals surface area contributed by atoms with E-state index in [-0.39, 0.29) is 0 Å². The minimum atomic E-state index is 0.482. The maximum Gasteiger partial charge on any atom is 0.136 e. The summed E-state index contributed by atoms with van der Waals surface area (Å²) < 4.78 is 5.17. The second-order valence-electron chi connectivity index (χ2n) is 5.40. The molecule has 0 aromatic heterocycles. The number of nitriles is 1. The van der Waals surface area contributed by atoms with Gasteiger partial charge >= 0.3 is 0 Å². The topological polar surface area (TPSA) is 45.0 Å². The summed E-state index contributed by atoms with van der Waals surface area (Å²) in [6, 6.07) is 17.0. The van der Waals surface area contributed by atoms with E-state index in [1.54, 1.807) is 7.11 Å². The number of nitrogens with zero attached hydrogens (tertiary/aromatic N) is 1. The SMILES string of the molecule is COc1ccc(CNC2Cc3ccccc3C2)cc1C#N. The van der Waals surface area contributed by atoms with Crippen molar-refractivity contribution >= 4 is 0 Å². The lowest BCUT2D eigenvalue weighted by atomic mass is 10.1. The number of rotatable bonds is 4. The molecule has 1 N–H and O–H groups in total. The Morgan fingerprint density at radius 3 is 2.52 bits per heavy atom. The summed E-state index contributed by atoms with van der Waals surface area (Å²) in [5, 5.41) is 12.7. The zero-order chi connectivity index (χ0) is 14.7. The van der Waals surface area contributed by atoms with Gasteiger partial charge in [0.25, 0.3) is 0 Å². The van der Waals surface area contributed by atoms with Gasteiger partial charge in [0.05, 0.1) is 12.7 Å². The highest BCUT2D eigenvalue weighted by Crippen LogP contribution is 2.23. The van der Waals surface area contributed by atoms with Crippen molar-refractivity contribution in [1.82, 2.24) is 5.32 Å². The van der Waals surface area contributed by atoms with Crippen molar-refractivity contribution in [3.63, 3.8) is 0 Å². The third-order valence-corrected chi connectivity index (χ3v) is 4.03. The summed E-state index contributed by atoms with van der Waals surface area (Å²) in [5.41, 5.74) is 4.60. The molecule has 21 heavy (non-hydrogen) atoms. The van der Waals surface area contributed by atoms with Crippen molar-refractivity contribution in [3.05, 3.63) is 64.7 Å². The van der Waals surface area contributed by atoms with E-state index in [0.29, 0.717) is 17.4 Å². The van der Waals surface area contributed by atoms with Crippen LogP contribution in [0, 0.1) is 11.3 Å². The molecule has 2 aromatic rings. The van der Waals surface area contributed by atoms with Crippen LogP contribution in [0.3, 0.4) is 0 Å². The molecule has 3 heteroatoms. The van der Waals surface area contributed by atoms with E-state index in [2.05, 4.69) is 35.7 Å². The number of hydrogen-bond acceptors (Lipinski definition) is 3. The predicted molar refractivity (Wildman–Crippen MR) is 82.2 cm³/mol. The van der Waals surface area contributed by atoms with Crippen LogP contribution in [0.15, 0.2) is 42.5 Å². The molecule has 0 bridgehead atoms. The Labute approximate surface area is 125 Å². The minimum absolute atomic E-state index is 0.482. The van der Waals surface area contributed by atoms with E-state index in [1.807, 2.05) is 18.2 Å². The molecule has 0 saturated carbocycles. The summed E-state index contributed by atoms with van der Waals surface area (Å²) in [4.78, 5) is 0. The number of benzene rings is 2. The summed E-state index contributed by atoms with van der Waals surface area (Å²) in [5.74, 6) is 0.634. The molecule has 0 saturated heterocycles. The molecule has 1 aliphatic rings. The van der Waals surface area contributed by atoms with E-state index in [0.717, 1.165) is 24.9 Å². The number of nitrogens with one attached hydrogen (secondary N) is 1. The Morgan fingerprint density at radius 2 is 1.90 bits per heavy atom. The maximum atomic E-state index is 9.12. The van der Waals surface area contributed by atoms with E-state index in [9.17, 15) is 0 Å². The van der Waals surface area contributed by atoms with Crippen molar-refractivity contribution in [1.29, 1.82) is 5.26 Å². The van der Waals surface area contributed by atoms with Crippen LogP contribution in [0.2, 0.25) is 0 Å². The Hall–Kier alpha value is -2.31. The van der Waals surface area contributed by atoms with Crippen LogP contribution in [-0.2, 0) is 19.4 Å². The maximum absolute atomic E-state index is 9.12. The van der Waals surface area contributed by atoms with Gasteiger partial charge in [-0.15, -0.1) is 0 Å². The fourth-order valence-electron chi connectivity index (χ4n) is 2.92. The fourth-order valence-corrected chi connectivity index (χ4v) is 2.92. The zero-order valence-corrected chi connectivity index (χ0v) is 12.1. The molecule has 106 valence electrons. The van der Waals surface area contributed by atoms with E-state index < -0.39 is 0 Å². The van der Waals surface area contributed by atoms with Gasteiger partial charge in [-0.2, -0.15) is 5.26 Å². The average Bonchev–Trinajstić information content (AvgIpc) is 2.95. The molecule has 0 spiro atoms. The molecular formula is C18H18N2O. The first-order chi connectivity index (χ1) is 10.3. The van der Waals surface area contributed by atoms with Crippen LogP contribution in [0.25, 0.3) is 0 Å².